The van der Waals surface area contributed by atoms with E-state index >= 15 is 0 Å². The molecule has 3 aromatic rings. The Morgan fingerprint density at radius 1 is 1.00 bits per heavy atom. The van der Waals surface area contributed by atoms with Gasteiger partial charge in [-0.2, -0.15) is 0 Å². The maximum absolute atomic E-state index is 12.5. The van der Waals surface area contributed by atoms with Gasteiger partial charge in [-0.05, 0) is 42.0 Å². The van der Waals surface area contributed by atoms with Gasteiger partial charge in [0.1, 0.15) is 0 Å². The van der Waals surface area contributed by atoms with Crippen LogP contribution in [0, 0.1) is 0 Å². The molecular weight excluding hydrogens is 436 g/mol. The minimum atomic E-state index is 0.0484. The Bertz CT molecular complexity index is 964. The SMILES string of the molecule is O=C(C=Cc1ccc(-c2ccc(Br)cc2)s1)N1CCN(c2ncccn2)CC1. The number of nitrogens with zero attached hydrogens (tertiary/aromatic N) is 4. The highest BCUT2D eigenvalue weighted by molar-refractivity contribution is 9.10. The molecule has 0 saturated carbocycles. The standard InChI is InChI=1S/C21H19BrN4OS/c22-17-4-2-16(3-5-17)19-8-6-18(28-19)7-9-20(27)25-12-14-26(15-13-25)21-23-10-1-11-24-21/h1-11H,12-15H2. The molecule has 0 atom stereocenters. The van der Waals surface area contributed by atoms with E-state index in [4.69, 9.17) is 0 Å². The van der Waals surface area contributed by atoms with Crippen LogP contribution in [0.2, 0.25) is 0 Å². The average Bonchev–Trinajstić information content (AvgIpc) is 3.22. The van der Waals surface area contributed by atoms with E-state index in [1.807, 2.05) is 23.1 Å². The zero-order valence-corrected chi connectivity index (χ0v) is 17.6. The van der Waals surface area contributed by atoms with E-state index in [0.29, 0.717) is 13.1 Å². The summed E-state index contributed by atoms with van der Waals surface area (Å²) in [6.45, 7) is 2.85. The number of rotatable bonds is 4. The van der Waals surface area contributed by atoms with Gasteiger partial charge in [-0.1, -0.05) is 28.1 Å². The van der Waals surface area contributed by atoms with Gasteiger partial charge in [-0.15, -0.1) is 11.3 Å². The lowest BCUT2D eigenvalue weighted by Crippen LogP contribution is -2.48. The van der Waals surface area contributed by atoms with E-state index in [-0.39, 0.29) is 5.91 Å². The third-order valence-corrected chi connectivity index (χ3v) is 6.20. The van der Waals surface area contributed by atoms with Crippen molar-refractivity contribution in [2.75, 3.05) is 31.1 Å². The number of hydrogen-bond acceptors (Lipinski definition) is 5. The Kier molecular flexibility index (Phi) is 5.83. The van der Waals surface area contributed by atoms with Crippen molar-refractivity contribution in [3.8, 4) is 10.4 Å². The van der Waals surface area contributed by atoms with Crippen molar-refractivity contribution in [2.45, 2.75) is 0 Å². The minimum absolute atomic E-state index is 0.0484. The molecule has 1 aromatic carbocycles. The van der Waals surface area contributed by atoms with Crippen molar-refractivity contribution in [1.29, 1.82) is 0 Å². The van der Waals surface area contributed by atoms with Crippen molar-refractivity contribution in [1.82, 2.24) is 14.9 Å². The van der Waals surface area contributed by atoms with Crippen molar-refractivity contribution in [2.24, 2.45) is 0 Å². The summed E-state index contributed by atoms with van der Waals surface area (Å²) in [6.07, 6.45) is 7.06. The first kappa shape index (κ1) is 18.8. The highest BCUT2D eigenvalue weighted by atomic mass is 79.9. The molecule has 0 spiro atoms. The van der Waals surface area contributed by atoms with E-state index in [1.165, 1.54) is 10.4 Å². The van der Waals surface area contributed by atoms with Crippen LogP contribution in [0.3, 0.4) is 0 Å². The summed E-state index contributed by atoms with van der Waals surface area (Å²) < 4.78 is 1.07. The van der Waals surface area contributed by atoms with Gasteiger partial charge in [0, 0.05) is 58.9 Å². The molecular formula is C21H19BrN4OS. The molecule has 1 aliphatic rings. The Morgan fingerprint density at radius 2 is 1.71 bits per heavy atom. The van der Waals surface area contributed by atoms with Gasteiger partial charge in [0.05, 0.1) is 0 Å². The minimum Gasteiger partial charge on any atom is -0.337 e. The molecule has 1 aliphatic heterocycles. The summed E-state index contributed by atoms with van der Waals surface area (Å²) >= 11 is 5.14. The highest BCUT2D eigenvalue weighted by Gasteiger charge is 2.21. The molecule has 1 fully saturated rings. The second-order valence-corrected chi connectivity index (χ2v) is 8.43. The number of halogens is 1. The fourth-order valence-corrected chi connectivity index (χ4v) is 4.23. The Hall–Kier alpha value is -2.51. The van der Waals surface area contributed by atoms with Crippen LogP contribution < -0.4 is 4.90 Å². The third-order valence-electron chi connectivity index (χ3n) is 4.57. The molecule has 2 aromatic heterocycles. The van der Waals surface area contributed by atoms with Crippen LogP contribution in [-0.2, 0) is 4.79 Å². The molecule has 3 heterocycles. The smallest absolute Gasteiger partial charge is 0.246 e. The number of carbonyl (C=O) groups excluding carboxylic acids is 1. The van der Waals surface area contributed by atoms with Crippen LogP contribution in [0.15, 0.2) is 65.4 Å². The summed E-state index contributed by atoms with van der Waals surface area (Å²) in [7, 11) is 0. The lowest BCUT2D eigenvalue weighted by Gasteiger charge is -2.34. The molecule has 28 heavy (non-hydrogen) atoms. The number of amides is 1. The first-order valence-electron chi connectivity index (χ1n) is 9.04. The third kappa shape index (κ3) is 4.48. The number of thiophene rings is 1. The Morgan fingerprint density at radius 3 is 2.43 bits per heavy atom. The summed E-state index contributed by atoms with van der Waals surface area (Å²) in [5, 5.41) is 0. The van der Waals surface area contributed by atoms with Crippen molar-refractivity contribution in [3.63, 3.8) is 0 Å². The monoisotopic (exact) mass is 454 g/mol. The number of benzene rings is 1. The Labute approximate surface area is 176 Å². The van der Waals surface area contributed by atoms with Gasteiger partial charge < -0.3 is 9.80 Å². The average molecular weight is 455 g/mol. The molecule has 142 valence electrons. The molecule has 4 rings (SSSR count). The van der Waals surface area contributed by atoms with Crippen LogP contribution in [0.1, 0.15) is 4.88 Å². The largest absolute Gasteiger partial charge is 0.337 e. The number of piperazine rings is 1. The normalized spacial score (nSPS) is 14.6. The van der Waals surface area contributed by atoms with Gasteiger partial charge >= 0.3 is 0 Å². The second-order valence-electron chi connectivity index (χ2n) is 6.40. The van der Waals surface area contributed by atoms with E-state index in [0.717, 1.165) is 28.4 Å². The predicted molar refractivity (Wildman–Crippen MR) is 117 cm³/mol. The van der Waals surface area contributed by atoms with Gasteiger partial charge in [0.2, 0.25) is 11.9 Å². The maximum Gasteiger partial charge on any atom is 0.246 e. The van der Waals surface area contributed by atoms with E-state index < -0.39 is 0 Å². The van der Waals surface area contributed by atoms with Crippen LogP contribution in [-0.4, -0.2) is 47.0 Å². The van der Waals surface area contributed by atoms with Gasteiger partial charge in [-0.25, -0.2) is 9.97 Å². The molecule has 7 heteroatoms. The highest BCUT2D eigenvalue weighted by Crippen LogP contribution is 2.29. The number of anilines is 1. The van der Waals surface area contributed by atoms with E-state index in [9.17, 15) is 4.79 Å². The molecule has 0 aliphatic carbocycles. The lowest BCUT2D eigenvalue weighted by molar-refractivity contribution is -0.126. The van der Waals surface area contributed by atoms with Gasteiger partial charge in [0.25, 0.3) is 0 Å². The van der Waals surface area contributed by atoms with E-state index in [2.05, 4.69) is 55.1 Å². The van der Waals surface area contributed by atoms with Crippen molar-refractivity contribution in [3.05, 3.63) is 70.3 Å². The fraction of sp³-hybridized carbons (Fsp3) is 0.190. The Balaban J connectivity index is 1.34. The topological polar surface area (TPSA) is 49.3 Å². The number of carbonyl (C=O) groups is 1. The van der Waals surface area contributed by atoms with Crippen LogP contribution in [0.4, 0.5) is 5.95 Å². The van der Waals surface area contributed by atoms with E-state index in [1.54, 1.807) is 35.9 Å². The van der Waals surface area contributed by atoms with Crippen LogP contribution in [0.25, 0.3) is 16.5 Å². The number of hydrogen-bond donors (Lipinski definition) is 0. The molecule has 0 unspecified atom stereocenters. The molecule has 0 radical (unpaired) electrons. The lowest BCUT2D eigenvalue weighted by atomic mass is 10.2. The molecule has 1 saturated heterocycles. The van der Waals surface area contributed by atoms with Crippen molar-refractivity contribution < 1.29 is 4.79 Å². The zero-order valence-electron chi connectivity index (χ0n) is 15.2. The second kappa shape index (κ2) is 8.67. The molecule has 1 amide bonds. The maximum atomic E-state index is 12.5. The predicted octanol–water partition coefficient (Wildman–Crippen LogP) is 4.33. The number of aromatic nitrogens is 2. The first-order valence-corrected chi connectivity index (χ1v) is 10.6. The zero-order chi connectivity index (χ0) is 19.3. The van der Waals surface area contributed by atoms with Gasteiger partial charge in [0.15, 0.2) is 0 Å². The molecule has 5 nitrogen and oxygen atoms in total. The summed E-state index contributed by atoms with van der Waals surface area (Å²) in [6, 6.07) is 14.2. The molecule has 0 N–H and O–H groups in total. The summed E-state index contributed by atoms with van der Waals surface area (Å²) in [5.74, 6) is 0.774. The first-order chi connectivity index (χ1) is 13.7. The summed E-state index contributed by atoms with van der Waals surface area (Å²) in [5.41, 5.74) is 1.18. The molecule has 0 bridgehead atoms. The van der Waals surface area contributed by atoms with Gasteiger partial charge in [-0.3, -0.25) is 4.79 Å². The van der Waals surface area contributed by atoms with Crippen LogP contribution >= 0.6 is 27.3 Å². The summed E-state index contributed by atoms with van der Waals surface area (Å²) in [4.78, 5) is 27.3. The fourth-order valence-electron chi connectivity index (χ4n) is 3.05. The van der Waals surface area contributed by atoms with Crippen molar-refractivity contribution >= 4 is 45.2 Å². The van der Waals surface area contributed by atoms with Crippen LogP contribution in [0.5, 0.6) is 0 Å². The quantitative estimate of drug-likeness (QED) is 0.550.